The van der Waals surface area contributed by atoms with Crippen molar-refractivity contribution in [3.05, 3.63) is 47.8 Å². The fraction of sp³-hybridized carbons (Fsp3) is 0.231. The van der Waals surface area contributed by atoms with Gasteiger partial charge in [-0.1, -0.05) is 31.2 Å². The number of aromatic nitrogens is 2. The second kappa shape index (κ2) is 4.86. The quantitative estimate of drug-likeness (QED) is 0.850. The summed E-state index contributed by atoms with van der Waals surface area (Å²) in [5.41, 5.74) is 8.86. The number of nitrogens with two attached hydrogens (primary N) is 1. The Morgan fingerprint density at radius 3 is 2.75 bits per heavy atom. The van der Waals surface area contributed by atoms with Gasteiger partial charge in [0.1, 0.15) is 0 Å². The van der Waals surface area contributed by atoms with Gasteiger partial charge in [-0.05, 0) is 18.1 Å². The summed E-state index contributed by atoms with van der Waals surface area (Å²) in [5, 5.41) is 0. The van der Waals surface area contributed by atoms with Crippen molar-refractivity contribution in [1.82, 2.24) is 9.97 Å². The highest BCUT2D eigenvalue weighted by atomic mass is 14.9. The van der Waals surface area contributed by atoms with Gasteiger partial charge in [0.15, 0.2) is 5.82 Å². The molecule has 0 aliphatic rings. The second-order valence-electron chi connectivity index (χ2n) is 3.59. The minimum Gasteiger partial charge on any atom is -0.326 e. The first-order valence-electron chi connectivity index (χ1n) is 5.45. The summed E-state index contributed by atoms with van der Waals surface area (Å²) in [4.78, 5) is 8.80. The lowest BCUT2D eigenvalue weighted by atomic mass is 10.1. The summed E-state index contributed by atoms with van der Waals surface area (Å²) in [6, 6.07) is 9.93. The maximum Gasteiger partial charge on any atom is 0.159 e. The summed E-state index contributed by atoms with van der Waals surface area (Å²) in [7, 11) is 0. The van der Waals surface area contributed by atoms with Crippen LogP contribution >= 0.6 is 0 Å². The standard InChI is InChI=1S/C13H15N3/c1-2-11-7-8-15-13(16-11)12-6-4-3-5-10(12)9-14/h3-8H,2,9,14H2,1H3. The first kappa shape index (κ1) is 10.8. The van der Waals surface area contributed by atoms with Crippen LogP contribution in [-0.2, 0) is 13.0 Å². The van der Waals surface area contributed by atoms with Gasteiger partial charge in [0.05, 0.1) is 0 Å². The zero-order valence-corrected chi connectivity index (χ0v) is 9.35. The number of hydrogen-bond acceptors (Lipinski definition) is 3. The average Bonchev–Trinajstić information content (AvgIpc) is 2.38. The highest BCUT2D eigenvalue weighted by molar-refractivity contribution is 5.59. The molecule has 0 aliphatic heterocycles. The van der Waals surface area contributed by atoms with E-state index in [-0.39, 0.29) is 0 Å². The Morgan fingerprint density at radius 2 is 2.00 bits per heavy atom. The molecule has 0 atom stereocenters. The predicted molar refractivity (Wildman–Crippen MR) is 64.7 cm³/mol. The van der Waals surface area contributed by atoms with Gasteiger partial charge < -0.3 is 5.73 Å². The van der Waals surface area contributed by atoms with Crippen LogP contribution in [0.15, 0.2) is 36.5 Å². The Labute approximate surface area is 95.4 Å². The second-order valence-corrected chi connectivity index (χ2v) is 3.59. The summed E-state index contributed by atoms with van der Waals surface area (Å²) < 4.78 is 0. The largest absolute Gasteiger partial charge is 0.326 e. The predicted octanol–water partition coefficient (Wildman–Crippen LogP) is 2.16. The van der Waals surface area contributed by atoms with Crippen LogP contribution in [0.1, 0.15) is 18.2 Å². The monoisotopic (exact) mass is 213 g/mol. The van der Waals surface area contributed by atoms with Gasteiger partial charge in [-0.25, -0.2) is 9.97 Å². The van der Waals surface area contributed by atoms with E-state index in [0.717, 1.165) is 29.1 Å². The molecule has 0 spiro atoms. The van der Waals surface area contributed by atoms with Crippen LogP contribution in [0, 0.1) is 0 Å². The van der Waals surface area contributed by atoms with Crippen molar-refractivity contribution < 1.29 is 0 Å². The average molecular weight is 213 g/mol. The van der Waals surface area contributed by atoms with Crippen molar-refractivity contribution in [2.24, 2.45) is 5.73 Å². The van der Waals surface area contributed by atoms with E-state index in [2.05, 4.69) is 16.9 Å². The number of hydrogen-bond donors (Lipinski definition) is 1. The summed E-state index contributed by atoms with van der Waals surface area (Å²) in [5.74, 6) is 0.764. The van der Waals surface area contributed by atoms with Crippen LogP contribution in [0.4, 0.5) is 0 Å². The molecular weight excluding hydrogens is 198 g/mol. The van der Waals surface area contributed by atoms with Gasteiger partial charge in [0.2, 0.25) is 0 Å². The van der Waals surface area contributed by atoms with Crippen LogP contribution in [0.5, 0.6) is 0 Å². The molecule has 0 fully saturated rings. The molecule has 82 valence electrons. The molecule has 0 radical (unpaired) electrons. The Bertz CT molecular complexity index is 480. The minimum absolute atomic E-state index is 0.510. The molecule has 0 saturated heterocycles. The summed E-state index contributed by atoms with van der Waals surface area (Å²) >= 11 is 0. The van der Waals surface area contributed by atoms with E-state index < -0.39 is 0 Å². The molecule has 3 nitrogen and oxygen atoms in total. The zero-order valence-electron chi connectivity index (χ0n) is 9.35. The minimum atomic E-state index is 0.510. The smallest absolute Gasteiger partial charge is 0.159 e. The molecule has 2 N–H and O–H groups in total. The third-order valence-corrected chi connectivity index (χ3v) is 2.55. The Kier molecular flexibility index (Phi) is 3.27. The summed E-state index contributed by atoms with van der Waals surface area (Å²) in [6.45, 7) is 2.59. The van der Waals surface area contributed by atoms with Crippen LogP contribution in [0.2, 0.25) is 0 Å². The number of benzene rings is 1. The molecule has 0 aliphatic carbocycles. The number of aryl methyl sites for hydroxylation is 1. The SMILES string of the molecule is CCc1ccnc(-c2ccccc2CN)n1. The molecule has 16 heavy (non-hydrogen) atoms. The lowest BCUT2D eigenvalue weighted by Crippen LogP contribution is -2.01. The fourth-order valence-corrected chi connectivity index (χ4v) is 1.64. The van der Waals surface area contributed by atoms with Crippen LogP contribution in [0.25, 0.3) is 11.4 Å². The van der Waals surface area contributed by atoms with E-state index in [0.29, 0.717) is 6.54 Å². The molecule has 2 rings (SSSR count). The molecule has 1 aromatic carbocycles. The zero-order chi connectivity index (χ0) is 11.4. The Balaban J connectivity index is 2.49. The molecule has 0 unspecified atom stereocenters. The maximum absolute atomic E-state index is 5.70. The molecule has 0 amide bonds. The molecular formula is C13H15N3. The van der Waals surface area contributed by atoms with E-state index >= 15 is 0 Å². The van der Waals surface area contributed by atoms with Crippen LogP contribution < -0.4 is 5.73 Å². The Morgan fingerprint density at radius 1 is 1.19 bits per heavy atom. The van der Waals surface area contributed by atoms with Gasteiger partial charge in [-0.2, -0.15) is 0 Å². The fourth-order valence-electron chi connectivity index (χ4n) is 1.64. The van der Waals surface area contributed by atoms with Gasteiger partial charge in [-0.3, -0.25) is 0 Å². The van der Waals surface area contributed by atoms with Gasteiger partial charge in [0, 0.05) is 24.0 Å². The lowest BCUT2D eigenvalue weighted by Gasteiger charge is -2.06. The van der Waals surface area contributed by atoms with Crippen molar-refractivity contribution in [2.75, 3.05) is 0 Å². The van der Waals surface area contributed by atoms with E-state index in [1.165, 1.54) is 0 Å². The first-order chi connectivity index (χ1) is 7.85. The van der Waals surface area contributed by atoms with Crippen LogP contribution in [0.3, 0.4) is 0 Å². The van der Waals surface area contributed by atoms with Crippen molar-refractivity contribution in [3.63, 3.8) is 0 Å². The molecule has 0 saturated carbocycles. The van der Waals surface area contributed by atoms with Gasteiger partial charge in [0.25, 0.3) is 0 Å². The molecule has 3 heteroatoms. The van der Waals surface area contributed by atoms with Crippen molar-refractivity contribution in [3.8, 4) is 11.4 Å². The van der Waals surface area contributed by atoms with Crippen molar-refractivity contribution >= 4 is 0 Å². The van der Waals surface area contributed by atoms with Crippen molar-refractivity contribution in [2.45, 2.75) is 19.9 Å². The third-order valence-electron chi connectivity index (χ3n) is 2.55. The lowest BCUT2D eigenvalue weighted by molar-refractivity contribution is 0.995. The van der Waals surface area contributed by atoms with E-state index in [4.69, 9.17) is 5.73 Å². The number of nitrogens with zero attached hydrogens (tertiary/aromatic N) is 2. The highest BCUT2D eigenvalue weighted by Gasteiger charge is 2.06. The maximum atomic E-state index is 5.70. The van der Waals surface area contributed by atoms with Gasteiger partial charge in [-0.15, -0.1) is 0 Å². The molecule has 2 aromatic rings. The van der Waals surface area contributed by atoms with Crippen molar-refractivity contribution in [1.29, 1.82) is 0 Å². The normalized spacial score (nSPS) is 10.4. The first-order valence-corrected chi connectivity index (χ1v) is 5.45. The molecule has 1 aromatic heterocycles. The Hall–Kier alpha value is -1.74. The van der Waals surface area contributed by atoms with Gasteiger partial charge >= 0.3 is 0 Å². The topological polar surface area (TPSA) is 51.8 Å². The van der Waals surface area contributed by atoms with E-state index in [1.807, 2.05) is 30.3 Å². The molecule has 1 heterocycles. The summed E-state index contributed by atoms with van der Waals surface area (Å²) in [6.07, 6.45) is 2.72. The van der Waals surface area contributed by atoms with Crippen LogP contribution in [-0.4, -0.2) is 9.97 Å². The van der Waals surface area contributed by atoms with E-state index in [9.17, 15) is 0 Å². The molecule has 0 bridgehead atoms. The highest BCUT2D eigenvalue weighted by Crippen LogP contribution is 2.19. The van der Waals surface area contributed by atoms with E-state index in [1.54, 1.807) is 6.20 Å². The third kappa shape index (κ3) is 2.09. The number of rotatable bonds is 3.